The Bertz CT molecular complexity index is 3770. The molecule has 79 heavy (non-hydrogen) atoms. The summed E-state index contributed by atoms with van der Waals surface area (Å²) in [6.07, 6.45) is 8.65. The van der Waals surface area contributed by atoms with Crippen LogP contribution in [0, 0.1) is 17.8 Å². The second-order valence-electron chi connectivity index (χ2n) is 23.7. The van der Waals surface area contributed by atoms with Crippen molar-refractivity contribution in [3.8, 4) is 44.5 Å². The molecule has 4 saturated carbocycles. The van der Waals surface area contributed by atoms with Crippen LogP contribution in [-0.2, 0) is 16.2 Å². The number of benzene rings is 11. The number of rotatable bonds is 10. The summed E-state index contributed by atoms with van der Waals surface area (Å²) in [6, 6.07) is 106. The molecule has 1 nitrogen and oxygen atoms in total. The number of hydrogen-bond donors (Lipinski definition) is 0. The summed E-state index contributed by atoms with van der Waals surface area (Å²) >= 11 is 0. The fraction of sp³-hybridized carbons (Fsp3) is 0.154. The van der Waals surface area contributed by atoms with Crippen LogP contribution in [0.25, 0.3) is 44.5 Å². The fourth-order valence-electron chi connectivity index (χ4n) is 16.7. The summed E-state index contributed by atoms with van der Waals surface area (Å²) in [7, 11) is 0. The lowest BCUT2D eigenvalue weighted by molar-refractivity contribution is -0.00518. The molecule has 4 bridgehead atoms. The molecule has 6 aliphatic rings. The molecule has 0 saturated heterocycles. The zero-order chi connectivity index (χ0) is 52.1. The second kappa shape index (κ2) is 18.2. The predicted molar refractivity (Wildman–Crippen MR) is 326 cm³/mol. The number of nitrogens with zero attached hydrogens (tertiary/aromatic N) is 1. The van der Waals surface area contributed by atoms with E-state index in [1.54, 1.807) is 5.56 Å². The van der Waals surface area contributed by atoms with E-state index in [-0.39, 0.29) is 0 Å². The first-order valence-electron chi connectivity index (χ1n) is 28.9. The monoisotopic (exact) mass is 1010 g/mol. The molecule has 0 heterocycles. The van der Waals surface area contributed by atoms with Crippen LogP contribution in [0.15, 0.2) is 279 Å². The number of hydrogen-bond acceptors (Lipinski definition) is 1. The molecule has 0 aromatic heterocycles. The van der Waals surface area contributed by atoms with Gasteiger partial charge in [-0.25, -0.2) is 0 Å². The summed E-state index contributed by atoms with van der Waals surface area (Å²) < 4.78 is 0. The summed E-state index contributed by atoms with van der Waals surface area (Å²) in [4.78, 5) is 2.51. The highest BCUT2D eigenvalue weighted by Crippen LogP contribution is 2.62. The Morgan fingerprint density at radius 2 is 0.557 bits per heavy atom. The minimum Gasteiger partial charge on any atom is -0.310 e. The first-order chi connectivity index (χ1) is 39.1. The highest BCUT2D eigenvalue weighted by molar-refractivity contribution is 5.92. The second-order valence-corrected chi connectivity index (χ2v) is 23.7. The maximum Gasteiger partial charge on any atom is 0.0714 e. The zero-order valence-corrected chi connectivity index (χ0v) is 44.5. The van der Waals surface area contributed by atoms with Gasteiger partial charge in [0, 0.05) is 17.1 Å². The Kier molecular flexibility index (Phi) is 10.6. The van der Waals surface area contributed by atoms with E-state index < -0.39 is 10.8 Å². The van der Waals surface area contributed by atoms with Crippen LogP contribution >= 0.6 is 0 Å². The van der Waals surface area contributed by atoms with Gasteiger partial charge in [0.2, 0.25) is 0 Å². The minimum atomic E-state index is -0.544. The van der Waals surface area contributed by atoms with Gasteiger partial charge in [0.25, 0.3) is 0 Å². The summed E-state index contributed by atoms with van der Waals surface area (Å²) in [6.45, 7) is 0. The van der Waals surface area contributed by atoms with Gasteiger partial charge in [0.15, 0.2) is 0 Å². The van der Waals surface area contributed by atoms with E-state index in [0.29, 0.717) is 5.41 Å². The fourth-order valence-corrected chi connectivity index (χ4v) is 16.7. The van der Waals surface area contributed by atoms with E-state index in [2.05, 4.69) is 284 Å². The third-order valence-corrected chi connectivity index (χ3v) is 19.6. The van der Waals surface area contributed by atoms with Crippen molar-refractivity contribution >= 4 is 17.1 Å². The summed E-state index contributed by atoms with van der Waals surface area (Å²) in [5.41, 5.74) is 24.5. The van der Waals surface area contributed by atoms with E-state index in [1.807, 2.05) is 0 Å². The Morgan fingerprint density at radius 3 is 0.937 bits per heavy atom. The van der Waals surface area contributed by atoms with Crippen molar-refractivity contribution in [3.05, 3.63) is 329 Å². The van der Waals surface area contributed by atoms with Crippen molar-refractivity contribution in [2.45, 2.75) is 54.8 Å². The third-order valence-electron chi connectivity index (χ3n) is 19.6. The SMILES string of the molecule is c1ccc(C2(c3ccccc3)c3ccccc3-c3ccc(N(c4ccc(-c5ccc(-c6ccc(C78CC9CC(CC(C9)C7)C8)cc6)cc5)cc4)c4ccc5c(c4)C(c4ccccc4)(c4ccccc4)c4ccccc4-5)cc32)cc1. The Morgan fingerprint density at radius 1 is 0.253 bits per heavy atom. The molecular formula is C78H61N. The maximum absolute atomic E-state index is 2.51. The van der Waals surface area contributed by atoms with Gasteiger partial charge < -0.3 is 4.90 Å². The molecule has 11 aromatic carbocycles. The topological polar surface area (TPSA) is 3.24 Å². The molecule has 0 radical (unpaired) electrons. The minimum absolute atomic E-state index is 0.418. The molecule has 378 valence electrons. The van der Waals surface area contributed by atoms with E-state index in [0.717, 1.165) is 34.8 Å². The largest absolute Gasteiger partial charge is 0.310 e. The number of anilines is 3. The highest BCUT2D eigenvalue weighted by atomic mass is 15.1. The van der Waals surface area contributed by atoms with Gasteiger partial charge in [0.05, 0.1) is 10.8 Å². The van der Waals surface area contributed by atoms with Crippen LogP contribution in [0.2, 0.25) is 0 Å². The standard InChI is InChI=1S/C78H61N/c1-5-17-61(18-6-1)77(62-19-7-2-8-20-62)72-27-15-13-25-68(72)70-43-41-66(48-74(70)77)79(67-42-44-71-69-26-14-16-28-73(69)78(75(71)49-67,63-21-9-3-10-22-63)64-23-11-4-12-24-64)65-39-35-59(36-40-65)57-31-29-56(30-32-57)58-33-37-60(38-34-58)76-50-53-45-54(51-76)47-55(46-53)52-76/h1-44,48-49,53-55H,45-47,50-52H2. The third kappa shape index (κ3) is 7.08. The zero-order valence-electron chi connectivity index (χ0n) is 44.5. The van der Waals surface area contributed by atoms with Crippen LogP contribution in [0.5, 0.6) is 0 Å². The molecule has 6 aliphatic carbocycles. The smallest absolute Gasteiger partial charge is 0.0714 e. The highest BCUT2D eigenvalue weighted by Gasteiger charge is 2.52. The maximum atomic E-state index is 2.51. The summed E-state index contributed by atoms with van der Waals surface area (Å²) in [5.74, 6) is 2.85. The van der Waals surface area contributed by atoms with E-state index >= 15 is 0 Å². The van der Waals surface area contributed by atoms with E-state index in [9.17, 15) is 0 Å². The lowest BCUT2D eigenvalue weighted by Crippen LogP contribution is -2.48. The molecule has 0 atom stereocenters. The Labute approximate surface area is 465 Å². The van der Waals surface area contributed by atoms with Gasteiger partial charge in [0.1, 0.15) is 0 Å². The average Bonchev–Trinajstić information content (AvgIpc) is 4.06. The summed E-state index contributed by atoms with van der Waals surface area (Å²) in [5, 5.41) is 0. The molecule has 0 spiro atoms. The Hall–Kier alpha value is -8.78. The van der Waals surface area contributed by atoms with Crippen molar-refractivity contribution in [3.63, 3.8) is 0 Å². The molecule has 0 unspecified atom stereocenters. The van der Waals surface area contributed by atoms with Crippen LogP contribution in [0.4, 0.5) is 17.1 Å². The van der Waals surface area contributed by atoms with E-state index in [1.165, 1.54) is 128 Å². The molecule has 17 rings (SSSR count). The molecular weight excluding hydrogens is 951 g/mol. The van der Waals surface area contributed by atoms with E-state index in [4.69, 9.17) is 0 Å². The van der Waals surface area contributed by atoms with Gasteiger partial charge in [-0.3, -0.25) is 0 Å². The molecule has 0 N–H and O–H groups in total. The van der Waals surface area contributed by atoms with Crippen molar-refractivity contribution in [1.29, 1.82) is 0 Å². The molecule has 1 heteroatoms. The van der Waals surface area contributed by atoms with Gasteiger partial charge in [-0.05, 0) is 193 Å². The molecule has 0 amide bonds. The first kappa shape index (κ1) is 46.3. The van der Waals surface area contributed by atoms with Crippen LogP contribution in [0.1, 0.15) is 88.6 Å². The van der Waals surface area contributed by atoms with Crippen LogP contribution < -0.4 is 4.90 Å². The van der Waals surface area contributed by atoms with Gasteiger partial charge in [-0.2, -0.15) is 0 Å². The lowest BCUT2D eigenvalue weighted by atomic mass is 9.48. The number of fused-ring (bicyclic) bond motifs is 6. The first-order valence-corrected chi connectivity index (χ1v) is 28.9. The van der Waals surface area contributed by atoms with Crippen LogP contribution in [0.3, 0.4) is 0 Å². The van der Waals surface area contributed by atoms with Crippen molar-refractivity contribution < 1.29 is 0 Å². The van der Waals surface area contributed by atoms with Crippen molar-refractivity contribution in [2.75, 3.05) is 4.90 Å². The van der Waals surface area contributed by atoms with Gasteiger partial charge in [-0.15, -0.1) is 0 Å². The average molecular weight is 1010 g/mol. The molecule has 0 aliphatic heterocycles. The quantitative estimate of drug-likeness (QED) is 0.132. The van der Waals surface area contributed by atoms with Gasteiger partial charge >= 0.3 is 0 Å². The molecule has 4 fully saturated rings. The van der Waals surface area contributed by atoms with Crippen molar-refractivity contribution in [1.82, 2.24) is 0 Å². The Balaban J connectivity index is 0.835. The van der Waals surface area contributed by atoms with Crippen molar-refractivity contribution in [2.24, 2.45) is 17.8 Å². The van der Waals surface area contributed by atoms with Crippen LogP contribution in [-0.4, -0.2) is 0 Å². The molecule has 11 aromatic rings. The normalized spacial score (nSPS) is 20.2. The van der Waals surface area contributed by atoms with Gasteiger partial charge in [-0.1, -0.05) is 243 Å². The predicted octanol–water partition coefficient (Wildman–Crippen LogP) is 19.7. The lowest BCUT2D eigenvalue weighted by Gasteiger charge is -2.57.